The lowest BCUT2D eigenvalue weighted by atomic mass is 9.88. The van der Waals surface area contributed by atoms with Gasteiger partial charge in [-0.2, -0.15) is 0 Å². The Bertz CT molecular complexity index is 634. The highest BCUT2D eigenvalue weighted by molar-refractivity contribution is 5.94. The lowest BCUT2D eigenvalue weighted by molar-refractivity contribution is 0.0963. The van der Waals surface area contributed by atoms with Crippen LogP contribution in [0.15, 0.2) is 48.5 Å². The number of aryl methyl sites for hydroxylation is 1. The van der Waals surface area contributed by atoms with Crippen molar-refractivity contribution < 1.29 is 4.79 Å². The van der Waals surface area contributed by atoms with Crippen LogP contribution in [0, 0.1) is 0 Å². The molecule has 1 aliphatic carbocycles. The van der Waals surface area contributed by atoms with Gasteiger partial charge in [0.05, 0.1) is 0 Å². The van der Waals surface area contributed by atoms with E-state index in [9.17, 15) is 4.79 Å². The Morgan fingerprint density at radius 2 is 1.76 bits per heavy atom. The first kappa shape index (κ1) is 13.7. The lowest BCUT2D eigenvalue weighted by Crippen LogP contribution is -2.27. The summed E-state index contributed by atoms with van der Waals surface area (Å²) in [5, 5.41) is 6.21. The largest absolute Gasteiger partial charge is 0.382 e. The number of rotatable bonds is 3. The number of benzene rings is 2. The zero-order chi connectivity index (χ0) is 14.7. The summed E-state index contributed by atoms with van der Waals surface area (Å²) >= 11 is 0. The van der Waals surface area contributed by atoms with Gasteiger partial charge in [0.1, 0.15) is 0 Å². The maximum Gasteiger partial charge on any atom is 0.251 e. The van der Waals surface area contributed by atoms with Crippen molar-refractivity contribution in [3.63, 3.8) is 0 Å². The van der Waals surface area contributed by atoms with Crippen molar-refractivity contribution in [3.05, 3.63) is 65.2 Å². The summed E-state index contributed by atoms with van der Waals surface area (Å²) in [4.78, 5) is 11.5. The van der Waals surface area contributed by atoms with Gasteiger partial charge in [0.2, 0.25) is 0 Å². The van der Waals surface area contributed by atoms with Gasteiger partial charge in [-0.25, -0.2) is 0 Å². The van der Waals surface area contributed by atoms with Crippen LogP contribution in [0.3, 0.4) is 0 Å². The van der Waals surface area contributed by atoms with E-state index in [0.29, 0.717) is 11.6 Å². The van der Waals surface area contributed by atoms with Gasteiger partial charge in [-0.05, 0) is 54.7 Å². The molecule has 2 aromatic rings. The van der Waals surface area contributed by atoms with E-state index in [1.807, 2.05) is 24.3 Å². The van der Waals surface area contributed by atoms with Crippen LogP contribution in [0.1, 0.15) is 27.9 Å². The predicted octanol–water partition coefficient (Wildman–Crippen LogP) is 3.02. The molecule has 0 bridgehead atoms. The summed E-state index contributed by atoms with van der Waals surface area (Å²) in [6.45, 7) is 0. The molecule has 3 heteroatoms. The van der Waals surface area contributed by atoms with Crippen molar-refractivity contribution in [2.75, 3.05) is 12.4 Å². The van der Waals surface area contributed by atoms with Crippen LogP contribution in [-0.4, -0.2) is 19.0 Å². The third-order valence-electron chi connectivity index (χ3n) is 4.09. The topological polar surface area (TPSA) is 41.1 Å². The van der Waals surface area contributed by atoms with Gasteiger partial charge in [0.25, 0.3) is 5.91 Å². The van der Waals surface area contributed by atoms with Crippen molar-refractivity contribution in [2.45, 2.75) is 25.3 Å². The first-order valence-electron chi connectivity index (χ1n) is 7.42. The Kier molecular flexibility index (Phi) is 3.91. The first-order chi connectivity index (χ1) is 10.3. The molecule has 2 N–H and O–H groups in total. The number of carbonyl (C=O) groups excluding carboxylic acids is 1. The molecular formula is C18H20N2O. The van der Waals surface area contributed by atoms with E-state index in [0.717, 1.165) is 24.9 Å². The maximum atomic E-state index is 11.5. The number of anilines is 1. The molecule has 0 heterocycles. The van der Waals surface area contributed by atoms with Crippen LogP contribution in [-0.2, 0) is 12.8 Å². The molecule has 0 spiro atoms. The van der Waals surface area contributed by atoms with E-state index in [1.165, 1.54) is 11.1 Å². The molecule has 1 atom stereocenters. The summed E-state index contributed by atoms with van der Waals surface area (Å²) in [6, 6.07) is 16.8. The average molecular weight is 280 g/mol. The molecule has 1 unspecified atom stereocenters. The first-order valence-corrected chi connectivity index (χ1v) is 7.42. The molecule has 0 aromatic heterocycles. The molecular weight excluding hydrogens is 260 g/mol. The highest BCUT2D eigenvalue weighted by Gasteiger charge is 2.17. The highest BCUT2D eigenvalue weighted by atomic mass is 16.1. The zero-order valence-electron chi connectivity index (χ0n) is 12.2. The van der Waals surface area contributed by atoms with E-state index in [2.05, 4.69) is 34.9 Å². The van der Waals surface area contributed by atoms with E-state index in [-0.39, 0.29) is 5.91 Å². The third kappa shape index (κ3) is 3.07. The van der Waals surface area contributed by atoms with Gasteiger partial charge < -0.3 is 10.6 Å². The summed E-state index contributed by atoms with van der Waals surface area (Å²) < 4.78 is 0. The standard InChI is InChI=1S/C18H20N2O/c1-19-18(21)14-7-9-16(10-8-14)20-17-11-6-13-4-2-3-5-15(13)12-17/h2-5,7-10,17,20H,6,11-12H2,1H3,(H,19,21). The van der Waals surface area contributed by atoms with Crippen molar-refractivity contribution >= 4 is 11.6 Å². The molecule has 3 rings (SSSR count). The monoisotopic (exact) mass is 280 g/mol. The van der Waals surface area contributed by atoms with E-state index >= 15 is 0 Å². The smallest absolute Gasteiger partial charge is 0.251 e. The number of carbonyl (C=O) groups is 1. The fourth-order valence-corrected chi connectivity index (χ4v) is 2.92. The second-order valence-electron chi connectivity index (χ2n) is 5.51. The van der Waals surface area contributed by atoms with Crippen LogP contribution < -0.4 is 10.6 Å². The number of hydrogen-bond donors (Lipinski definition) is 2. The fourth-order valence-electron chi connectivity index (χ4n) is 2.92. The number of amides is 1. The van der Waals surface area contributed by atoms with Crippen LogP contribution in [0.5, 0.6) is 0 Å². The van der Waals surface area contributed by atoms with Crippen molar-refractivity contribution in [3.8, 4) is 0 Å². The van der Waals surface area contributed by atoms with E-state index in [1.54, 1.807) is 7.05 Å². The normalized spacial score (nSPS) is 16.9. The number of hydrogen-bond acceptors (Lipinski definition) is 2. The molecule has 0 fully saturated rings. The molecule has 3 nitrogen and oxygen atoms in total. The summed E-state index contributed by atoms with van der Waals surface area (Å²) in [7, 11) is 1.65. The zero-order valence-corrected chi connectivity index (χ0v) is 12.2. The minimum absolute atomic E-state index is 0.0480. The predicted molar refractivity (Wildman–Crippen MR) is 85.7 cm³/mol. The molecule has 0 saturated heterocycles. The van der Waals surface area contributed by atoms with Gasteiger partial charge in [-0.1, -0.05) is 24.3 Å². The van der Waals surface area contributed by atoms with Gasteiger partial charge >= 0.3 is 0 Å². The Labute approximate surface area is 125 Å². The molecule has 1 aliphatic rings. The van der Waals surface area contributed by atoms with Crippen molar-refractivity contribution in [1.29, 1.82) is 0 Å². The van der Waals surface area contributed by atoms with Gasteiger partial charge in [-0.3, -0.25) is 4.79 Å². The summed E-state index contributed by atoms with van der Waals surface area (Å²) in [5.41, 5.74) is 4.69. The van der Waals surface area contributed by atoms with E-state index in [4.69, 9.17) is 0 Å². The Morgan fingerprint density at radius 3 is 2.48 bits per heavy atom. The van der Waals surface area contributed by atoms with E-state index < -0.39 is 0 Å². The number of nitrogens with one attached hydrogen (secondary N) is 2. The van der Waals surface area contributed by atoms with Gasteiger partial charge in [0.15, 0.2) is 0 Å². The second kappa shape index (κ2) is 6.00. The van der Waals surface area contributed by atoms with Crippen LogP contribution in [0.4, 0.5) is 5.69 Å². The highest BCUT2D eigenvalue weighted by Crippen LogP contribution is 2.23. The maximum absolute atomic E-state index is 11.5. The molecule has 108 valence electrons. The minimum atomic E-state index is -0.0480. The molecule has 1 amide bonds. The molecule has 0 aliphatic heterocycles. The van der Waals surface area contributed by atoms with Crippen LogP contribution in [0.2, 0.25) is 0 Å². The van der Waals surface area contributed by atoms with Gasteiger partial charge in [0, 0.05) is 24.3 Å². The van der Waals surface area contributed by atoms with Crippen LogP contribution in [0.25, 0.3) is 0 Å². The lowest BCUT2D eigenvalue weighted by Gasteiger charge is -2.26. The number of fused-ring (bicyclic) bond motifs is 1. The van der Waals surface area contributed by atoms with Crippen molar-refractivity contribution in [1.82, 2.24) is 5.32 Å². The summed E-state index contributed by atoms with van der Waals surface area (Å²) in [5.74, 6) is -0.0480. The SMILES string of the molecule is CNC(=O)c1ccc(NC2CCc3ccccc3C2)cc1. The van der Waals surface area contributed by atoms with Crippen LogP contribution >= 0.6 is 0 Å². The Balaban J connectivity index is 1.66. The third-order valence-corrected chi connectivity index (χ3v) is 4.09. The second-order valence-corrected chi connectivity index (χ2v) is 5.51. The summed E-state index contributed by atoms with van der Waals surface area (Å²) in [6.07, 6.45) is 3.34. The molecule has 2 aromatic carbocycles. The quantitative estimate of drug-likeness (QED) is 0.907. The minimum Gasteiger partial charge on any atom is -0.382 e. The fraction of sp³-hybridized carbons (Fsp3) is 0.278. The van der Waals surface area contributed by atoms with Gasteiger partial charge in [-0.15, -0.1) is 0 Å². The molecule has 0 radical (unpaired) electrons. The Morgan fingerprint density at radius 1 is 1.05 bits per heavy atom. The van der Waals surface area contributed by atoms with Crippen molar-refractivity contribution in [2.24, 2.45) is 0 Å². The molecule has 0 saturated carbocycles. The Hall–Kier alpha value is -2.29. The average Bonchev–Trinajstić information content (AvgIpc) is 2.55. The molecule has 21 heavy (non-hydrogen) atoms.